The number of carbonyl (C=O) groups excluding carboxylic acids is 1. The Morgan fingerprint density at radius 3 is 2.49 bits per heavy atom. The van der Waals surface area contributed by atoms with Crippen LogP contribution >= 0.6 is 0 Å². The summed E-state index contributed by atoms with van der Waals surface area (Å²) in [6.45, 7) is 2.15. The molecule has 2 aromatic rings. The topological polar surface area (TPSA) is 36.0 Å². The van der Waals surface area contributed by atoms with Gasteiger partial charge in [-0.1, -0.05) is 30.7 Å². The molecule has 2 aliphatic carbocycles. The van der Waals surface area contributed by atoms with Crippen LogP contribution in [0.3, 0.4) is 0 Å². The minimum absolute atomic E-state index is 0.154. The summed E-state index contributed by atoms with van der Waals surface area (Å²) in [5.41, 5.74) is 1.59. The number of urea groups is 1. The second-order valence-corrected chi connectivity index (χ2v) is 11.1. The Balaban J connectivity index is 1.48. The zero-order valence-electron chi connectivity index (χ0n) is 21.3. The lowest BCUT2D eigenvalue weighted by Crippen LogP contribution is -2.59. The number of halogens is 1. The lowest BCUT2D eigenvalue weighted by molar-refractivity contribution is -0.000845. The van der Waals surface area contributed by atoms with Gasteiger partial charge in [0.25, 0.3) is 0 Å². The van der Waals surface area contributed by atoms with Gasteiger partial charge in [-0.3, -0.25) is 4.90 Å². The van der Waals surface area contributed by atoms with Gasteiger partial charge >= 0.3 is 6.03 Å². The minimum Gasteiger partial charge on any atom is -0.497 e. The molecule has 35 heavy (non-hydrogen) atoms. The summed E-state index contributed by atoms with van der Waals surface area (Å²) in [7, 11) is 5.87. The number of hydrogen-bond donors (Lipinski definition) is 0. The molecule has 2 amide bonds. The Bertz CT molecular complexity index is 1050. The van der Waals surface area contributed by atoms with E-state index in [0.29, 0.717) is 12.5 Å². The van der Waals surface area contributed by atoms with Gasteiger partial charge in [0.15, 0.2) is 0 Å². The third kappa shape index (κ3) is 4.42. The summed E-state index contributed by atoms with van der Waals surface area (Å²) in [6.07, 6.45) is 7.49. The number of nitrogens with zero attached hydrogens (tertiary/aromatic N) is 3. The van der Waals surface area contributed by atoms with Crippen molar-refractivity contribution in [3.05, 3.63) is 65.5 Å². The van der Waals surface area contributed by atoms with Gasteiger partial charge in [0.2, 0.25) is 0 Å². The summed E-state index contributed by atoms with van der Waals surface area (Å²) in [5.74, 6) is 1.22. The first kappa shape index (κ1) is 24.1. The van der Waals surface area contributed by atoms with Crippen molar-refractivity contribution >= 4 is 6.03 Å². The molecular weight excluding hydrogens is 441 g/mol. The van der Waals surface area contributed by atoms with Crippen molar-refractivity contribution in [1.29, 1.82) is 0 Å². The molecule has 1 spiro atoms. The average Bonchev–Trinajstić information content (AvgIpc) is 3.06. The minimum atomic E-state index is -0.297. The van der Waals surface area contributed by atoms with Crippen LogP contribution in [0.15, 0.2) is 48.5 Å². The molecule has 3 fully saturated rings. The first-order valence-corrected chi connectivity index (χ1v) is 13.0. The largest absolute Gasteiger partial charge is 0.497 e. The third-order valence-electron chi connectivity index (χ3n) is 8.83. The zero-order chi connectivity index (χ0) is 24.6. The fourth-order valence-corrected chi connectivity index (χ4v) is 6.62. The maximum absolute atomic E-state index is 14.3. The Morgan fingerprint density at radius 2 is 1.86 bits per heavy atom. The van der Waals surface area contributed by atoms with Gasteiger partial charge in [0.05, 0.1) is 12.6 Å². The van der Waals surface area contributed by atoms with E-state index in [-0.39, 0.29) is 22.9 Å². The highest BCUT2D eigenvalue weighted by atomic mass is 19.1. The van der Waals surface area contributed by atoms with Crippen LogP contribution in [-0.2, 0) is 12.1 Å². The molecule has 188 valence electrons. The van der Waals surface area contributed by atoms with Gasteiger partial charge in [-0.15, -0.1) is 0 Å². The molecule has 2 saturated carbocycles. The van der Waals surface area contributed by atoms with Gasteiger partial charge in [0, 0.05) is 25.2 Å². The molecule has 2 atom stereocenters. The van der Waals surface area contributed by atoms with Crippen LogP contribution in [0.4, 0.5) is 9.18 Å². The van der Waals surface area contributed by atoms with Crippen LogP contribution in [0, 0.1) is 11.7 Å². The monoisotopic (exact) mass is 479 g/mol. The summed E-state index contributed by atoms with van der Waals surface area (Å²) < 4.78 is 19.7. The van der Waals surface area contributed by atoms with Crippen LogP contribution in [0.5, 0.6) is 5.75 Å². The highest BCUT2D eigenvalue weighted by molar-refractivity contribution is 5.78. The van der Waals surface area contributed by atoms with Crippen LogP contribution in [-0.4, -0.2) is 60.6 Å². The lowest BCUT2D eigenvalue weighted by atomic mass is 9.66. The molecular formula is C29H38FN3O2. The number of amides is 2. The van der Waals surface area contributed by atoms with Crippen molar-refractivity contribution in [3.63, 3.8) is 0 Å². The predicted octanol–water partition coefficient (Wildman–Crippen LogP) is 5.64. The van der Waals surface area contributed by atoms with Gasteiger partial charge in [-0.05, 0) is 93.9 Å². The Labute approximate surface area is 208 Å². The van der Waals surface area contributed by atoms with Crippen molar-refractivity contribution in [2.45, 2.75) is 62.6 Å². The maximum atomic E-state index is 14.3. The third-order valence-corrected chi connectivity index (χ3v) is 8.83. The first-order chi connectivity index (χ1) is 16.8. The number of methoxy groups -OCH3 is 1. The molecule has 0 radical (unpaired) electrons. The van der Waals surface area contributed by atoms with Crippen molar-refractivity contribution in [1.82, 2.24) is 14.7 Å². The summed E-state index contributed by atoms with van der Waals surface area (Å²) >= 11 is 0. The molecule has 1 aliphatic heterocycles. The van der Waals surface area contributed by atoms with E-state index in [0.717, 1.165) is 55.6 Å². The van der Waals surface area contributed by atoms with E-state index < -0.39 is 0 Å². The quantitative estimate of drug-likeness (QED) is 0.516. The maximum Gasteiger partial charge on any atom is 0.320 e. The van der Waals surface area contributed by atoms with Crippen molar-refractivity contribution in [3.8, 4) is 5.75 Å². The fourth-order valence-electron chi connectivity index (χ4n) is 6.62. The van der Waals surface area contributed by atoms with Crippen LogP contribution in [0.25, 0.3) is 0 Å². The van der Waals surface area contributed by atoms with E-state index >= 15 is 0 Å². The van der Waals surface area contributed by atoms with Gasteiger partial charge in [-0.2, -0.15) is 0 Å². The van der Waals surface area contributed by atoms with E-state index in [4.69, 9.17) is 4.74 Å². The molecule has 5 nitrogen and oxygen atoms in total. The van der Waals surface area contributed by atoms with Crippen LogP contribution in [0.1, 0.15) is 56.1 Å². The second-order valence-electron chi connectivity index (χ2n) is 11.1. The smallest absolute Gasteiger partial charge is 0.320 e. The van der Waals surface area contributed by atoms with E-state index in [1.165, 1.54) is 25.3 Å². The molecule has 5 rings (SSSR count). The second kappa shape index (κ2) is 9.45. The number of hydrogen-bond acceptors (Lipinski definition) is 3. The SMILES string of the molecule is COc1ccc(CN2C[C@@]3(CCC[C@@](c4cccc(F)c4)(N(C)C)C3)N(CC3CCC3)C2=O)cc1. The van der Waals surface area contributed by atoms with Crippen molar-refractivity contribution in [2.24, 2.45) is 5.92 Å². The van der Waals surface area contributed by atoms with Crippen LogP contribution < -0.4 is 4.74 Å². The van der Waals surface area contributed by atoms with Gasteiger partial charge < -0.3 is 14.5 Å². The van der Waals surface area contributed by atoms with Gasteiger partial charge in [-0.25, -0.2) is 9.18 Å². The molecule has 1 heterocycles. The molecule has 3 aliphatic rings. The number of benzene rings is 2. The zero-order valence-corrected chi connectivity index (χ0v) is 21.3. The Kier molecular flexibility index (Phi) is 6.51. The van der Waals surface area contributed by atoms with Crippen molar-refractivity contribution < 1.29 is 13.9 Å². The molecule has 0 N–H and O–H groups in total. The molecule has 1 saturated heterocycles. The number of rotatable bonds is 7. The van der Waals surface area contributed by atoms with E-state index in [2.05, 4.69) is 30.0 Å². The van der Waals surface area contributed by atoms with Crippen molar-refractivity contribution in [2.75, 3.05) is 34.3 Å². The van der Waals surface area contributed by atoms with E-state index in [1.54, 1.807) is 13.2 Å². The number of ether oxygens (including phenoxy) is 1. The summed E-state index contributed by atoms with van der Waals surface area (Å²) in [4.78, 5) is 20.4. The Morgan fingerprint density at radius 1 is 1.09 bits per heavy atom. The first-order valence-electron chi connectivity index (χ1n) is 13.0. The number of carbonyl (C=O) groups is 1. The summed E-state index contributed by atoms with van der Waals surface area (Å²) in [6, 6.07) is 15.3. The van der Waals surface area contributed by atoms with E-state index in [1.807, 2.05) is 35.2 Å². The normalized spacial score (nSPS) is 27.1. The van der Waals surface area contributed by atoms with Gasteiger partial charge in [0.1, 0.15) is 11.6 Å². The molecule has 0 aromatic heterocycles. The van der Waals surface area contributed by atoms with Crippen LogP contribution in [0.2, 0.25) is 0 Å². The highest BCUT2D eigenvalue weighted by Gasteiger charge is 2.56. The predicted molar refractivity (Wildman–Crippen MR) is 136 cm³/mol. The fraction of sp³-hybridized carbons (Fsp3) is 0.552. The molecule has 0 bridgehead atoms. The van der Waals surface area contributed by atoms with E-state index in [9.17, 15) is 9.18 Å². The lowest BCUT2D eigenvalue weighted by Gasteiger charge is -2.53. The molecule has 6 heteroatoms. The average molecular weight is 480 g/mol. The molecule has 0 unspecified atom stereocenters. The Hall–Kier alpha value is -2.60. The highest BCUT2D eigenvalue weighted by Crippen LogP contribution is 2.51. The standard InChI is InChI=1S/C29H38FN3O2/c1-31(2)29(24-9-5-10-25(30)17-24)16-6-15-28(20-29)21-32(18-23-11-13-26(35-3)14-12-23)27(34)33(28)19-22-7-4-8-22/h5,9-14,17,22H,4,6-8,15-16,18-21H2,1-3H3/t28-,29+/m0/s1. The molecule has 2 aromatic carbocycles. The summed E-state index contributed by atoms with van der Waals surface area (Å²) in [5, 5.41) is 0.